The number of urea groups is 1. The summed E-state index contributed by atoms with van der Waals surface area (Å²) >= 11 is 0. The van der Waals surface area contributed by atoms with Crippen LogP contribution in [0.15, 0.2) is 42.5 Å². The lowest BCUT2D eigenvalue weighted by Crippen LogP contribution is -2.44. The van der Waals surface area contributed by atoms with E-state index in [1.165, 1.54) is 35.4 Å². The van der Waals surface area contributed by atoms with Crippen molar-refractivity contribution in [2.75, 3.05) is 6.54 Å². The van der Waals surface area contributed by atoms with Crippen LogP contribution >= 0.6 is 0 Å². The molecule has 1 heterocycles. The number of aryl methyl sites for hydroxylation is 2. The van der Waals surface area contributed by atoms with Crippen LogP contribution in [0.4, 0.5) is 9.18 Å². The molecule has 0 aromatic heterocycles. The van der Waals surface area contributed by atoms with Crippen LogP contribution in [-0.4, -0.2) is 29.2 Å². The van der Waals surface area contributed by atoms with Crippen LogP contribution < -0.4 is 5.32 Å². The Bertz CT molecular complexity index is 1020. The van der Waals surface area contributed by atoms with E-state index in [1.807, 2.05) is 19.1 Å². The van der Waals surface area contributed by atoms with Crippen molar-refractivity contribution in [1.29, 1.82) is 0 Å². The molecule has 162 valence electrons. The minimum absolute atomic E-state index is 0.262. The van der Waals surface area contributed by atoms with Crippen molar-refractivity contribution >= 4 is 17.7 Å². The van der Waals surface area contributed by atoms with Crippen LogP contribution in [0.1, 0.15) is 66.1 Å². The Morgan fingerprint density at radius 2 is 1.77 bits per heavy atom. The Hall–Kier alpha value is -3.02. The standard InChI is InChI=1S/C25H27FN2O3/c1-2-3-14-25(20-10-12-21(26)13-11-20)23(30)28(24(31)27-25)16-22(29)19-9-8-17-6-4-5-7-18(17)15-19/h8-13,15H,2-7,14,16H2,1H3,(H,27,31)/t25-/m1/s1. The third-order valence-corrected chi connectivity index (χ3v) is 6.39. The predicted molar refractivity (Wildman–Crippen MR) is 115 cm³/mol. The largest absolute Gasteiger partial charge is 0.325 e. The second-order valence-electron chi connectivity index (χ2n) is 8.45. The Kier molecular flexibility index (Phi) is 5.90. The lowest BCUT2D eigenvalue weighted by atomic mass is 9.84. The first-order chi connectivity index (χ1) is 14.9. The lowest BCUT2D eigenvalue weighted by molar-refractivity contribution is -0.131. The summed E-state index contributed by atoms with van der Waals surface area (Å²) in [5.74, 6) is -1.13. The van der Waals surface area contributed by atoms with Gasteiger partial charge in [-0.25, -0.2) is 9.18 Å². The Morgan fingerprint density at radius 3 is 2.48 bits per heavy atom. The summed E-state index contributed by atoms with van der Waals surface area (Å²) in [5, 5.41) is 2.81. The molecule has 2 aromatic carbocycles. The number of hydrogen-bond acceptors (Lipinski definition) is 3. The molecule has 4 rings (SSSR count). The highest BCUT2D eigenvalue weighted by Crippen LogP contribution is 2.34. The van der Waals surface area contributed by atoms with E-state index in [-0.39, 0.29) is 12.3 Å². The highest BCUT2D eigenvalue weighted by Gasteiger charge is 2.52. The Morgan fingerprint density at radius 1 is 1.06 bits per heavy atom. The molecule has 1 aliphatic heterocycles. The number of carbonyl (C=O) groups is 3. The van der Waals surface area contributed by atoms with Crippen LogP contribution in [0.5, 0.6) is 0 Å². The number of imide groups is 1. The number of rotatable bonds is 7. The van der Waals surface area contributed by atoms with Gasteiger partial charge in [0, 0.05) is 5.56 Å². The van der Waals surface area contributed by atoms with Crippen molar-refractivity contribution in [1.82, 2.24) is 10.2 Å². The number of unbranched alkanes of at least 4 members (excludes halogenated alkanes) is 1. The van der Waals surface area contributed by atoms with E-state index in [4.69, 9.17) is 0 Å². The van der Waals surface area contributed by atoms with E-state index >= 15 is 0 Å². The first-order valence-corrected chi connectivity index (χ1v) is 11.0. The third kappa shape index (κ3) is 3.99. The number of benzene rings is 2. The van der Waals surface area contributed by atoms with E-state index in [0.717, 1.165) is 37.0 Å². The molecule has 0 radical (unpaired) electrons. The molecule has 5 nitrogen and oxygen atoms in total. The van der Waals surface area contributed by atoms with Crippen molar-refractivity contribution in [2.45, 2.75) is 57.4 Å². The van der Waals surface area contributed by atoms with Gasteiger partial charge in [0.15, 0.2) is 5.78 Å². The number of carbonyl (C=O) groups excluding carboxylic acids is 3. The van der Waals surface area contributed by atoms with E-state index < -0.39 is 23.3 Å². The normalized spacial score (nSPS) is 20.5. The number of hydrogen-bond donors (Lipinski definition) is 1. The maximum Gasteiger partial charge on any atom is 0.325 e. The monoisotopic (exact) mass is 422 g/mol. The number of amides is 3. The van der Waals surface area contributed by atoms with Crippen LogP contribution in [0.3, 0.4) is 0 Å². The topological polar surface area (TPSA) is 66.5 Å². The average molecular weight is 423 g/mol. The van der Waals surface area contributed by atoms with Crippen LogP contribution in [0.25, 0.3) is 0 Å². The molecule has 2 aliphatic rings. The molecule has 0 saturated carbocycles. The summed E-state index contributed by atoms with van der Waals surface area (Å²) in [6, 6.07) is 10.7. The molecule has 6 heteroatoms. The molecule has 1 aliphatic carbocycles. The molecular weight excluding hydrogens is 395 g/mol. The summed E-state index contributed by atoms with van der Waals surface area (Å²) in [6.45, 7) is 1.69. The first kappa shape index (κ1) is 21.2. The van der Waals surface area contributed by atoms with Gasteiger partial charge in [0.1, 0.15) is 11.4 Å². The first-order valence-electron chi connectivity index (χ1n) is 11.0. The second kappa shape index (κ2) is 8.61. The molecule has 1 atom stereocenters. The molecule has 0 spiro atoms. The minimum Gasteiger partial charge on any atom is -0.319 e. The predicted octanol–water partition coefficient (Wildman–Crippen LogP) is 4.52. The van der Waals surface area contributed by atoms with Crippen molar-refractivity contribution in [2.24, 2.45) is 0 Å². The molecule has 3 amide bonds. The molecule has 1 N–H and O–H groups in total. The summed E-state index contributed by atoms with van der Waals surface area (Å²) in [7, 11) is 0. The van der Waals surface area contributed by atoms with Gasteiger partial charge in [0.25, 0.3) is 5.91 Å². The van der Waals surface area contributed by atoms with Crippen LogP contribution in [0.2, 0.25) is 0 Å². The van der Waals surface area contributed by atoms with E-state index in [0.29, 0.717) is 24.0 Å². The summed E-state index contributed by atoms with van der Waals surface area (Å²) in [4.78, 5) is 40.2. The Labute approximate surface area is 181 Å². The molecule has 0 unspecified atom stereocenters. The number of halogens is 1. The van der Waals surface area contributed by atoms with Gasteiger partial charge in [0.2, 0.25) is 0 Å². The van der Waals surface area contributed by atoms with Crippen molar-refractivity contribution in [3.8, 4) is 0 Å². The molecule has 2 aromatic rings. The maximum atomic E-state index is 13.5. The molecule has 0 bridgehead atoms. The van der Waals surface area contributed by atoms with E-state index in [2.05, 4.69) is 5.32 Å². The molecule has 1 saturated heterocycles. The smallest absolute Gasteiger partial charge is 0.319 e. The number of ketones is 1. The fraction of sp³-hybridized carbons (Fsp3) is 0.400. The number of Topliss-reactive ketones (excluding diaryl/α,β-unsaturated/α-hetero) is 1. The number of fused-ring (bicyclic) bond motifs is 1. The van der Waals surface area contributed by atoms with Gasteiger partial charge in [-0.3, -0.25) is 14.5 Å². The summed E-state index contributed by atoms with van der Waals surface area (Å²) < 4.78 is 13.5. The zero-order valence-corrected chi connectivity index (χ0v) is 17.7. The zero-order chi connectivity index (χ0) is 22.0. The molecule has 1 fully saturated rings. The quantitative estimate of drug-likeness (QED) is 0.527. The van der Waals surface area contributed by atoms with E-state index in [9.17, 15) is 18.8 Å². The third-order valence-electron chi connectivity index (χ3n) is 6.39. The van der Waals surface area contributed by atoms with E-state index in [1.54, 1.807) is 6.07 Å². The maximum absolute atomic E-state index is 13.5. The fourth-order valence-electron chi connectivity index (χ4n) is 4.60. The van der Waals surface area contributed by atoms with Gasteiger partial charge in [-0.05, 0) is 67.0 Å². The highest BCUT2D eigenvalue weighted by molar-refractivity contribution is 6.11. The lowest BCUT2D eigenvalue weighted by Gasteiger charge is -2.27. The van der Waals surface area contributed by atoms with Crippen LogP contribution in [-0.2, 0) is 23.2 Å². The summed E-state index contributed by atoms with van der Waals surface area (Å²) in [5.41, 5.74) is 2.24. The van der Waals surface area contributed by atoms with Gasteiger partial charge in [-0.15, -0.1) is 0 Å². The zero-order valence-electron chi connectivity index (χ0n) is 17.7. The van der Waals surface area contributed by atoms with Crippen molar-refractivity contribution in [3.05, 3.63) is 70.5 Å². The number of nitrogens with zero attached hydrogens (tertiary/aromatic N) is 1. The Balaban J connectivity index is 1.59. The van der Waals surface area contributed by atoms with Crippen molar-refractivity contribution < 1.29 is 18.8 Å². The number of nitrogens with one attached hydrogen (secondary N) is 1. The average Bonchev–Trinajstić information content (AvgIpc) is 3.02. The van der Waals surface area contributed by atoms with Crippen molar-refractivity contribution in [3.63, 3.8) is 0 Å². The van der Waals surface area contributed by atoms with Gasteiger partial charge >= 0.3 is 6.03 Å². The second-order valence-corrected chi connectivity index (χ2v) is 8.45. The van der Waals surface area contributed by atoms with Gasteiger partial charge in [-0.1, -0.05) is 44.0 Å². The van der Waals surface area contributed by atoms with Crippen LogP contribution in [0, 0.1) is 5.82 Å². The molecule has 31 heavy (non-hydrogen) atoms. The van der Waals surface area contributed by atoms with Gasteiger partial charge in [-0.2, -0.15) is 0 Å². The summed E-state index contributed by atoms with van der Waals surface area (Å²) in [6.07, 6.45) is 6.17. The minimum atomic E-state index is -1.27. The fourth-order valence-corrected chi connectivity index (χ4v) is 4.60. The highest BCUT2D eigenvalue weighted by atomic mass is 19.1. The SMILES string of the molecule is CCCC[C@]1(c2ccc(F)cc2)NC(=O)N(CC(=O)c2ccc3c(c2)CCCC3)C1=O. The van der Waals surface area contributed by atoms with Gasteiger partial charge < -0.3 is 5.32 Å². The van der Waals surface area contributed by atoms with Gasteiger partial charge in [0.05, 0.1) is 6.54 Å². The molecular formula is C25H27FN2O3.